The molecule has 0 spiro atoms. The Hall–Kier alpha value is -2.30. The number of aromatic amines is 1. The maximum atomic E-state index is 12.0. The topological polar surface area (TPSA) is 98.6 Å². The molecule has 118 valence electrons. The van der Waals surface area contributed by atoms with Gasteiger partial charge in [0.25, 0.3) is 0 Å². The Kier molecular flexibility index (Phi) is 5.42. The minimum atomic E-state index is -0.544. The van der Waals surface area contributed by atoms with Gasteiger partial charge in [-0.3, -0.25) is 4.79 Å². The van der Waals surface area contributed by atoms with Gasteiger partial charge in [0, 0.05) is 16.4 Å². The smallest absolute Gasteiger partial charge is 0.325 e. The molecule has 0 radical (unpaired) electrons. The van der Waals surface area contributed by atoms with Crippen molar-refractivity contribution in [1.29, 1.82) is 5.26 Å². The molecule has 0 saturated heterocycles. The number of amides is 1. The Bertz CT molecular complexity index is 858. The van der Waals surface area contributed by atoms with Crippen LogP contribution in [0.5, 0.6) is 0 Å². The van der Waals surface area contributed by atoms with Gasteiger partial charge in [-0.15, -0.1) is 0 Å². The second kappa shape index (κ2) is 7.31. The SMILES string of the molecule is Cc1cc(Cl)ccc1NC(=O)CSc1nc(=O)[nH]c(C)c1C#N. The third-order valence-corrected chi connectivity index (χ3v) is 4.21. The Labute approximate surface area is 141 Å². The number of nitrogens with zero attached hydrogens (tertiary/aromatic N) is 2. The number of halogens is 1. The molecule has 2 rings (SSSR count). The molecule has 0 aliphatic rings. The zero-order valence-corrected chi connectivity index (χ0v) is 14.0. The summed E-state index contributed by atoms with van der Waals surface area (Å²) in [5, 5.41) is 12.7. The van der Waals surface area contributed by atoms with E-state index in [1.54, 1.807) is 25.1 Å². The number of carbonyl (C=O) groups is 1. The van der Waals surface area contributed by atoms with Gasteiger partial charge in [-0.1, -0.05) is 23.4 Å². The molecule has 0 unspecified atom stereocenters. The van der Waals surface area contributed by atoms with Crippen molar-refractivity contribution >= 4 is 35.0 Å². The van der Waals surface area contributed by atoms with Crippen molar-refractivity contribution in [2.75, 3.05) is 11.1 Å². The van der Waals surface area contributed by atoms with E-state index in [1.165, 1.54) is 0 Å². The lowest BCUT2D eigenvalue weighted by molar-refractivity contribution is -0.113. The van der Waals surface area contributed by atoms with Crippen LogP contribution in [0.4, 0.5) is 5.69 Å². The molecule has 0 aliphatic heterocycles. The summed E-state index contributed by atoms with van der Waals surface area (Å²) >= 11 is 6.91. The number of aromatic nitrogens is 2. The van der Waals surface area contributed by atoms with Crippen molar-refractivity contribution in [2.24, 2.45) is 0 Å². The standard InChI is InChI=1S/C15H13ClN4O2S/c1-8-5-10(16)3-4-12(8)19-13(21)7-23-14-11(6-17)9(2)18-15(22)20-14/h3-5H,7H2,1-2H3,(H,19,21)(H,18,20,22). The molecule has 2 N–H and O–H groups in total. The number of carbonyl (C=O) groups excluding carboxylic acids is 1. The van der Waals surface area contributed by atoms with Gasteiger partial charge in [0.1, 0.15) is 16.7 Å². The molecule has 1 aromatic carbocycles. The van der Waals surface area contributed by atoms with E-state index in [-0.39, 0.29) is 22.2 Å². The van der Waals surface area contributed by atoms with Crippen molar-refractivity contribution in [3.05, 3.63) is 50.5 Å². The number of thioether (sulfide) groups is 1. The monoisotopic (exact) mass is 348 g/mol. The quantitative estimate of drug-likeness (QED) is 0.653. The first-order valence-corrected chi connectivity index (χ1v) is 7.97. The fourth-order valence-corrected chi connectivity index (χ4v) is 2.94. The van der Waals surface area contributed by atoms with Crippen LogP contribution in [0.25, 0.3) is 0 Å². The van der Waals surface area contributed by atoms with Gasteiger partial charge in [-0.2, -0.15) is 10.2 Å². The summed E-state index contributed by atoms with van der Waals surface area (Å²) < 4.78 is 0. The van der Waals surface area contributed by atoms with E-state index in [0.717, 1.165) is 17.3 Å². The number of hydrogen-bond donors (Lipinski definition) is 2. The number of benzene rings is 1. The van der Waals surface area contributed by atoms with E-state index in [9.17, 15) is 9.59 Å². The molecule has 1 heterocycles. The molecule has 1 aromatic heterocycles. The average Bonchev–Trinajstić information content (AvgIpc) is 2.47. The fourth-order valence-electron chi connectivity index (χ4n) is 1.88. The first-order chi connectivity index (χ1) is 10.9. The van der Waals surface area contributed by atoms with Crippen LogP contribution in [0.1, 0.15) is 16.8 Å². The summed E-state index contributed by atoms with van der Waals surface area (Å²) in [6.45, 7) is 3.45. The first kappa shape index (κ1) is 17.1. The number of nitrogens with one attached hydrogen (secondary N) is 2. The highest BCUT2D eigenvalue weighted by atomic mass is 35.5. The van der Waals surface area contributed by atoms with Crippen LogP contribution in [0.2, 0.25) is 5.02 Å². The Morgan fingerprint density at radius 2 is 2.22 bits per heavy atom. The fraction of sp³-hybridized carbons (Fsp3) is 0.200. The van der Waals surface area contributed by atoms with Crippen molar-refractivity contribution in [3.8, 4) is 6.07 Å². The summed E-state index contributed by atoms with van der Waals surface area (Å²) in [6, 6.07) is 7.14. The number of anilines is 1. The second-order valence-electron chi connectivity index (χ2n) is 4.76. The van der Waals surface area contributed by atoms with Crippen LogP contribution < -0.4 is 11.0 Å². The van der Waals surface area contributed by atoms with Crippen molar-refractivity contribution in [3.63, 3.8) is 0 Å². The van der Waals surface area contributed by atoms with Gasteiger partial charge in [-0.05, 0) is 37.6 Å². The molecule has 0 fully saturated rings. The highest BCUT2D eigenvalue weighted by Crippen LogP contribution is 2.22. The number of nitriles is 1. The minimum absolute atomic E-state index is 0.0344. The van der Waals surface area contributed by atoms with Crippen molar-refractivity contribution < 1.29 is 4.79 Å². The van der Waals surface area contributed by atoms with E-state index in [2.05, 4.69) is 15.3 Å². The lowest BCUT2D eigenvalue weighted by atomic mass is 10.2. The molecule has 23 heavy (non-hydrogen) atoms. The van der Waals surface area contributed by atoms with E-state index < -0.39 is 5.69 Å². The summed E-state index contributed by atoms with van der Waals surface area (Å²) in [5.74, 6) is -0.226. The maximum absolute atomic E-state index is 12.0. The van der Waals surface area contributed by atoms with Gasteiger partial charge in [0.2, 0.25) is 5.91 Å². The van der Waals surface area contributed by atoms with Gasteiger partial charge in [0.05, 0.1) is 5.75 Å². The highest BCUT2D eigenvalue weighted by Gasteiger charge is 2.12. The van der Waals surface area contributed by atoms with Gasteiger partial charge < -0.3 is 10.3 Å². The van der Waals surface area contributed by atoms with Crippen molar-refractivity contribution in [1.82, 2.24) is 9.97 Å². The molecule has 0 saturated carbocycles. The second-order valence-corrected chi connectivity index (χ2v) is 6.16. The zero-order chi connectivity index (χ0) is 17.0. The third-order valence-electron chi connectivity index (χ3n) is 3.00. The van der Waals surface area contributed by atoms with E-state index in [0.29, 0.717) is 16.4 Å². The van der Waals surface area contributed by atoms with E-state index >= 15 is 0 Å². The number of H-pyrrole nitrogens is 1. The first-order valence-electron chi connectivity index (χ1n) is 6.60. The number of hydrogen-bond acceptors (Lipinski definition) is 5. The molecule has 8 heteroatoms. The highest BCUT2D eigenvalue weighted by molar-refractivity contribution is 8.00. The van der Waals surface area contributed by atoms with Crippen LogP contribution >= 0.6 is 23.4 Å². The van der Waals surface area contributed by atoms with Crippen molar-refractivity contribution in [2.45, 2.75) is 18.9 Å². The number of rotatable bonds is 4. The van der Waals surface area contributed by atoms with Crippen LogP contribution in [0, 0.1) is 25.2 Å². The zero-order valence-electron chi connectivity index (χ0n) is 12.4. The minimum Gasteiger partial charge on any atom is -0.325 e. The normalized spacial score (nSPS) is 10.2. The largest absolute Gasteiger partial charge is 0.346 e. The van der Waals surface area contributed by atoms with Crippen LogP contribution in [-0.2, 0) is 4.79 Å². The maximum Gasteiger partial charge on any atom is 0.346 e. The predicted octanol–water partition coefficient (Wildman–Crippen LogP) is 2.64. The van der Waals surface area contributed by atoms with Gasteiger partial charge in [-0.25, -0.2) is 4.79 Å². The van der Waals surface area contributed by atoms with E-state index in [4.69, 9.17) is 16.9 Å². The Balaban J connectivity index is 2.08. The molecule has 1 amide bonds. The van der Waals surface area contributed by atoms with Gasteiger partial charge in [0.15, 0.2) is 0 Å². The molecule has 6 nitrogen and oxygen atoms in total. The molecule has 0 aliphatic carbocycles. The summed E-state index contributed by atoms with van der Waals surface area (Å²) in [7, 11) is 0. The third kappa shape index (κ3) is 4.34. The summed E-state index contributed by atoms with van der Waals surface area (Å²) in [5.41, 5.74) is 1.67. The van der Waals surface area contributed by atoms with Crippen LogP contribution in [0.3, 0.4) is 0 Å². The average molecular weight is 349 g/mol. The summed E-state index contributed by atoms with van der Waals surface area (Å²) in [6.07, 6.45) is 0. The van der Waals surface area contributed by atoms with Crippen LogP contribution in [0.15, 0.2) is 28.0 Å². The predicted molar refractivity (Wildman–Crippen MR) is 89.9 cm³/mol. The van der Waals surface area contributed by atoms with Gasteiger partial charge >= 0.3 is 5.69 Å². The molecule has 0 atom stereocenters. The Morgan fingerprint density at radius 1 is 1.48 bits per heavy atom. The lowest BCUT2D eigenvalue weighted by Gasteiger charge is -2.09. The summed E-state index contributed by atoms with van der Waals surface area (Å²) in [4.78, 5) is 29.6. The van der Waals surface area contributed by atoms with E-state index in [1.807, 2.05) is 13.0 Å². The molecular formula is C15H13ClN4O2S. The Morgan fingerprint density at radius 3 is 2.87 bits per heavy atom. The number of aryl methyl sites for hydroxylation is 2. The molecular weight excluding hydrogens is 336 g/mol. The lowest BCUT2D eigenvalue weighted by Crippen LogP contribution is -2.17. The molecule has 2 aromatic rings. The molecule has 0 bridgehead atoms. The van der Waals surface area contributed by atoms with Crippen LogP contribution in [-0.4, -0.2) is 21.6 Å².